The van der Waals surface area contributed by atoms with Crippen molar-refractivity contribution < 1.29 is 4.79 Å². The first-order valence-electron chi connectivity index (χ1n) is 8.21. The Kier molecular flexibility index (Phi) is 7.55. The summed E-state index contributed by atoms with van der Waals surface area (Å²) in [6.07, 6.45) is 0. The predicted octanol–water partition coefficient (Wildman–Crippen LogP) is 4.42. The summed E-state index contributed by atoms with van der Waals surface area (Å²) < 4.78 is 0.732. The SMILES string of the molecule is CCN(CC)Cc1ccc(NC(=S)NC(=O)c2ccccc2Br)cc1. The molecule has 1 amide bonds. The van der Waals surface area contributed by atoms with E-state index in [9.17, 15) is 4.79 Å². The fourth-order valence-electron chi connectivity index (χ4n) is 2.38. The van der Waals surface area contributed by atoms with Crippen LogP contribution in [0.2, 0.25) is 0 Å². The summed E-state index contributed by atoms with van der Waals surface area (Å²) in [7, 11) is 0. The second-order valence-corrected chi connectivity index (χ2v) is 6.81. The Bertz CT molecular complexity index is 730. The van der Waals surface area contributed by atoms with Gasteiger partial charge in [0.15, 0.2) is 5.11 Å². The quantitative estimate of drug-likeness (QED) is 0.680. The Labute approximate surface area is 162 Å². The molecule has 2 aromatic carbocycles. The summed E-state index contributed by atoms with van der Waals surface area (Å²) in [4.78, 5) is 14.6. The van der Waals surface area contributed by atoms with Gasteiger partial charge in [-0.05, 0) is 71.1 Å². The maximum Gasteiger partial charge on any atom is 0.258 e. The lowest BCUT2D eigenvalue weighted by Gasteiger charge is -2.18. The molecule has 132 valence electrons. The molecule has 0 aromatic heterocycles. The number of halogens is 1. The minimum Gasteiger partial charge on any atom is -0.332 e. The van der Waals surface area contributed by atoms with E-state index in [0.717, 1.165) is 29.8 Å². The van der Waals surface area contributed by atoms with Crippen molar-refractivity contribution in [3.63, 3.8) is 0 Å². The first-order valence-corrected chi connectivity index (χ1v) is 9.41. The third-order valence-electron chi connectivity index (χ3n) is 3.86. The number of hydrogen-bond acceptors (Lipinski definition) is 3. The van der Waals surface area contributed by atoms with Crippen molar-refractivity contribution in [2.75, 3.05) is 18.4 Å². The van der Waals surface area contributed by atoms with Crippen LogP contribution in [0.1, 0.15) is 29.8 Å². The average molecular weight is 420 g/mol. The van der Waals surface area contributed by atoms with Crippen LogP contribution in [0, 0.1) is 0 Å². The van der Waals surface area contributed by atoms with E-state index in [0.29, 0.717) is 5.56 Å². The number of thiocarbonyl (C=S) groups is 1. The van der Waals surface area contributed by atoms with E-state index < -0.39 is 0 Å². The normalized spacial score (nSPS) is 10.6. The molecule has 0 saturated heterocycles. The molecule has 6 heteroatoms. The van der Waals surface area contributed by atoms with E-state index in [1.54, 1.807) is 6.07 Å². The van der Waals surface area contributed by atoms with Crippen LogP contribution in [0.25, 0.3) is 0 Å². The number of nitrogens with zero attached hydrogens (tertiary/aromatic N) is 1. The molecule has 2 aromatic rings. The second kappa shape index (κ2) is 9.65. The fourth-order valence-corrected chi connectivity index (χ4v) is 3.05. The number of carbonyl (C=O) groups is 1. The monoisotopic (exact) mass is 419 g/mol. The fraction of sp³-hybridized carbons (Fsp3) is 0.263. The zero-order valence-corrected chi connectivity index (χ0v) is 16.8. The highest BCUT2D eigenvalue weighted by atomic mass is 79.9. The molecule has 0 saturated carbocycles. The average Bonchev–Trinajstić information content (AvgIpc) is 2.61. The van der Waals surface area contributed by atoms with Crippen LogP contribution >= 0.6 is 28.1 Å². The molecule has 0 radical (unpaired) electrons. The highest BCUT2D eigenvalue weighted by Crippen LogP contribution is 2.16. The molecule has 0 fully saturated rings. The topological polar surface area (TPSA) is 44.4 Å². The van der Waals surface area contributed by atoms with Crippen LogP contribution in [0.5, 0.6) is 0 Å². The number of rotatable bonds is 6. The van der Waals surface area contributed by atoms with Crippen molar-refractivity contribution in [2.24, 2.45) is 0 Å². The van der Waals surface area contributed by atoms with E-state index in [2.05, 4.69) is 57.4 Å². The van der Waals surface area contributed by atoms with Crippen LogP contribution in [0.15, 0.2) is 53.0 Å². The van der Waals surface area contributed by atoms with E-state index in [4.69, 9.17) is 12.2 Å². The molecule has 0 aliphatic heterocycles. The van der Waals surface area contributed by atoms with Gasteiger partial charge in [0.2, 0.25) is 0 Å². The molecule has 0 aliphatic rings. The molecular formula is C19H22BrN3OS. The van der Waals surface area contributed by atoms with Gasteiger partial charge < -0.3 is 5.32 Å². The highest BCUT2D eigenvalue weighted by molar-refractivity contribution is 9.10. The Hall–Kier alpha value is -1.76. The minimum atomic E-state index is -0.247. The maximum absolute atomic E-state index is 12.2. The van der Waals surface area contributed by atoms with Crippen molar-refractivity contribution in [1.29, 1.82) is 0 Å². The molecule has 2 rings (SSSR count). The van der Waals surface area contributed by atoms with Gasteiger partial charge in [0, 0.05) is 16.7 Å². The lowest BCUT2D eigenvalue weighted by Crippen LogP contribution is -2.34. The van der Waals surface area contributed by atoms with Crippen molar-refractivity contribution in [3.05, 3.63) is 64.1 Å². The predicted molar refractivity (Wildman–Crippen MR) is 111 cm³/mol. The van der Waals surface area contributed by atoms with Crippen LogP contribution in [0.4, 0.5) is 5.69 Å². The number of hydrogen-bond donors (Lipinski definition) is 2. The largest absolute Gasteiger partial charge is 0.332 e. The minimum absolute atomic E-state index is 0.247. The standard InChI is InChI=1S/C19H22BrN3OS/c1-3-23(4-2)13-14-9-11-15(12-10-14)21-19(25)22-18(24)16-7-5-6-8-17(16)20/h5-12H,3-4,13H2,1-2H3,(H2,21,22,24,25). The van der Waals surface area contributed by atoms with Crippen molar-refractivity contribution in [2.45, 2.75) is 20.4 Å². The molecular weight excluding hydrogens is 398 g/mol. The van der Waals surface area contributed by atoms with E-state index >= 15 is 0 Å². The Morgan fingerprint density at radius 1 is 1.08 bits per heavy atom. The van der Waals surface area contributed by atoms with Gasteiger partial charge in [-0.25, -0.2) is 0 Å². The second-order valence-electron chi connectivity index (χ2n) is 5.55. The number of amides is 1. The Morgan fingerprint density at radius 3 is 2.32 bits per heavy atom. The smallest absolute Gasteiger partial charge is 0.258 e. The lowest BCUT2D eigenvalue weighted by atomic mass is 10.2. The van der Waals surface area contributed by atoms with Crippen molar-refractivity contribution >= 4 is 44.9 Å². The molecule has 0 bridgehead atoms. The molecule has 0 aliphatic carbocycles. The Morgan fingerprint density at radius 2 is 1.72 bits per heavy atom. The third kappa shape index (κ3) is 5.92. The summed E-state index contributed by atoms with van der Waals surface area (Å²) in [5, 5.41) is 6.01. The van der Waals surface area contributed by atoms with E-state index in [-0.39, 0.29) is 11.0 Å². The summed E-state index contributed by atoms with van der Waals surface area (Å²) in [6, 6.07) is 15.3. The van der Waals surface area contributed by atoms with E-state index in [1.807, 2.05) is 30.3 Å². The molecule has 4 nitrogen and oxygen atoms in total. The summed E-state index contributed by atoms with van der Waals surface area (Å²) in [6.45, 7) is 7.30. The lowest BCUT2D eigenvalue weighted by molar-refractivity contribution is 0.0977. The van der Waals surface area contributed by atoms with Gasteiger partial charge in [-0.2, -0.15) is 0 Å². The number of benzene rings is 2. The summed E-state index contributed by atoms with van der Waals surface area (Å²) >= 11 is 8.59. The zero-order valence-electron chi connectivity index (χ0n) is 14.4. The van der Waals surface area contributed by atoms with Crippen LogP contribution in [0.3, 0.4) is 0 Å². The maximum atomic E-state index is 12.2. The first kappa shape index (κ1) is 19.6. The van der Waals surface area contributed by atoms with Gasteiger partial charge in [-0.3, -0.25) is 15.0 Å². The summed E-state index contributed by atoms with van der Waals surface area (Å²) in [5.41, 5.74) is 2.64. The molecule has 0 spiro atoms. The first-order chi connectivity index (χ1) is 12.0. The summed E-state index contributed by atoms with van der Waals surface area (Å²) in [5.74, 6) is -0.247. The van der Waals surface area contributed by atoms with Gasteiger partial charge in [0.1, 0.15) is 0 Å². The van der Waals surface area contributed by atoms with E-state index in [1.165, 1.54) is 5.56 Å². The number of nitrogens with one attached hydrogen (secondary N) is 2. The molecule has 2 N–H and O–H groups in total. The molecule has 25 heavy (non-hydrogen) atoms. The van der Waals surface area contributed by atoms with Gasteiger partial charge >= 0.3 is 0 Å². The third-order valence-corrected chi connectivity index (χ3v) is 4.75. The van der Waals surface area contributed by atoms with Crippen molar-refractivity contribution in [3.8, 4) is 0 Å². The van der Waals surface area contributed by atoms with Gasteiger partial charge in [-0.15, -0.1) is 0 Å². The highest BCUT2D eigenvalue weighted by Gasteiger charge is 2.11. The van der Waals surface area contributed by atoms with Gasteiger partial charge in [0.25, 0.3) is 5.91 Å². The number of carbonyl (C=O) groups excluding carboxylic acids is 1. The number of anilines is 1. The van der Waals surface area contributed by atoms with Crippen LogP contribution in [-0.4, -0.2) is 29.0 Å². The molecule has 0 heterocycles. The molecule has 0 unspecified atom stereocenters. The van der Waals surface area contributed by atoms with Gasteiger partial charge in [0.05, 0.1) is 5.56 Å². The van der Waals surface area contributed by atoms with Crippen LogP contribution in [-0.2, 0) is 6.54 Å². The van der Waals surface area contributed by atoms with Crippen LogP contribution < -0.4 is 10.6 Å². The van der Waals surface area contributed by atoms with Crippen molar-refractivity contribution in [1.82, 2.24) is 10.2 Å². The molecule has 0 atom stereocenters. The van der Waals surface area contributed by atoms with Gasteiger partial charge in [-0.1, -0.05) is 38.1 Å². The Balaban J connectivity index is 1.92. The zero-order chi connectivity index (χ0) is 18.2.